The van der Waals surface area contributed by atoms with Gasteiger partial charge in [-0.05, 0) is 29.8 Å². The molecule has 0 unspecified atom stereocenters. The molecule has 0 aliphatic heterocycles. The van der Waals surface area contributed by atoms with Crippen molar-refractivity contribution in [1.82, 2.24) is 9.97 Å². The van der Waals surface area contributed by atoms with Crippen molar-refractivity contribution in [3.8, 4) is 0 Å². The molecule has 1 aromatic heterocycles. The van der Waals surface area contributed by atoms with Crippen LogP contribution in [0.4, 0.5) is 4.39 Å². The molecule has 0 aliphatic rings. The third kappa shape index (κ3) is 2.04. The summed E-state index contributed by atoms with van der Waals surface area (Å²) in [5, 5.41) is 0. The van der Waals surface area contributed by atoms with E-state index in [1.54, 1.807) is 12.1 Å². The number of fused-ring (bicyclic) bond motifs is 1. The van der Waals surface area contributed by atoms with Crippen LogP contribution >= 0.6 is 0 Å². The Morgan fingerprint density at radius 2 is 1.76 bits per heavy atom. The molecule has 0 aliphatic carbocycles. The highest BCUT2D eigenvalue weighted by Gasteiger charge is 2.03. The molecular formula is C14H11FN2. The average Bonchev–Trinajstić information content (AvgIpc) is 2.74. The minimum Gasteiger partial charge on any atom is -0.342 e. The van der Waals surface area contributed by atoms with Crippen molar-refractivity contribution in [1.29, 1.82) is 0 Å². The molecule has 0 saturated heterocycles. The normalized spacial score (nSPS) is 10.9. The number of halogens is 1. The van der Waals surface area contributed by atoms with Crippen LogP contribution in [0.2, 0.25) is 0 Å². The smallest absolute Gasteiger partial charge is 0.123 e. The van der Waals surface area contributed by atoms with Crippen molar-refractivity contribution >= 4 is 11.0 Å². The van der Waals surface area contributed by atoms with Crippen molar-refractivity contribution in [3.05, 3.63) is 65.7 Å². The second kappa shape index (κ2) is 4.01. The molecule has 2 nitrogen and oxygen atoms in total. The molecule has 2 aromatic carbocycles. The summed E-state index contributed by atoms with van der Waals surface area (Å²) in [4.78, 5) is 7.73. The zero-order valence-corrected chi connectivity index (χ0v) is 9.15. The Morgan fingerprint density at radius 3 is 2.53 bits per heavy atom. The zero-order valence-electron chi connectivity index (χ0n) is 9.15. The minimum atomic E-state index is -0.210. The van der Waals surface area contributed by atoms with Gasteiger partial charge in [0.1, 0.15) is 11.6 Å². The summed E-state index contributed by atoms with van der Waals surface area (Å²) in [5.41, 5.74) is 3.04. The second-order valence-corrected chi connectivity index (χ2v) is 4.00. The van der Waals surface area contributed by atoms with Crippen LogP contribution in [0.1, 0.15) is 11.4 Å². The Hall–Kier alpha value is -2.16. The molecule has 3 rings (SSSR count). The zero-order chi connectivity index (χ0) is 11.7. The van der Waals surface area contributed by atoms with Gasteiger partial charge in [0, 0.05) is 6.42 Å². The number of imidazole rings is 1. The van der Waals surface area contributed by atoms with Crippen molar-refractivity contribution in [2.75, 3.05) is 0 Å². The fraction of sp³-hybridized carbons (Fsp3) is 0.0714. The maximum Gasteiger partial charge on any atom is 0.123 e. The van der Waals surface area contributed by atoms with E-state index < -0.39 is 0 Å². The van der Waals surface area contributed by atoms with Crippen LogP contribution < -0.4 is 0 Å². The molecule has 0 atom stereocenters. The number of benzene rings is 2. The van der Waals surface area contributed by atoms with E-state index in [9.17, 15) is 4.39 Å². The molecule has 84 valence electrons. The van der Waals surface area contributed by atoms with Crippen LogP contribution in [-0.2, 0) is 6.42 Å². The third-order valence-electron chi connectivity index (χ3n) is 2.72. The lowest BCUT2D eigenvalue weighted by Crippen LogP contribution is -1.90. The first-order valence-electron chi connectivity index (χ1n) is 5.49. The number of nitrogens with zero attached hydrogens (tertiary/aromatic N) is 1. The van der Waals surface area contributed by atoms with Gasteiger partial charge >= 0.3 is 0 Å². The van der Waals surface area contributed by atoms with Gasteiger partial charge in [-0.25, -0.2) is 9.37 Å². The molecule has 0 spiro atoms. The summed E-state index contributed by atoms with van der Waals surface area (Å²) in [6.07, 6.45) is 0.689. The maximum absolute atomic E-state index is 12.8. The summed E-state index contributed by atoms with van der Waals surface area (Å²) in [6, 6.07) is 14.4. The highest BCUT2D eigenvalue weighted by molar-refractivity contribution is 5.74. The second-order valence-electron chi connectivity index (χ2n) is 4.00. The third-order valence-corrected chi connectivity index (χ3v) is 2.72. The molecule has 0 radical (unpaired) electrons. The highest BCUT2D eigenvalue weighted by atomic mass is 19.1. The van der Waals surface area contributed by atoms with Gasteiger partial charge in [-0.2, -0.15) is 0 Å². The van der Waals surface area contributed by atoms with Crippen molar-refractivity contribution in [3.63, 3.8) is 0 Å². The lowest BCUT2D eigenvalue weighted by atomic mass is 10.1. The van der Waals surface area contributed by atoms with Crippen LogP contribution in [0, 0.1) is 5.82 Å². The Labute approximate surface area is 98.1 Å². The van der Waals surface area contributed by atoms with E-state index in [4.69, 9.17) is 0 Å². The van der Waals surface area contributed by atoms with E-state index in [2.05, 4.69) is 9.97 Å². The molecule has 0 amide bonds. The van der Waals surface area contributed by atoms with Gasteiger partial charge in [0.2, 0.25) is 0 Å². The number of nitrogens with one attached hydrogen (secondary N) is 1. The fourth-order valence-corrected chi connectivity index (χ4v) is 1.88. The number of aromatic amines is 1. The van der Waals surface area contributed by atoms with Gasteiger partial charge in [-0.1, -0.05) is 24.3 Å². The first-order valence-corrected chi connectivity index (χ1v) is 5.49. The van der Waals surface area contributed by atoms with E-state index in [-0.39, 0.29) is 5.82 Å². The Bertz CT molecular complexity index is 608. The number of rotatable bonds is 2. The molecule has 3 heteroatoms. The Kier molecular flexibility index (Phi) is 2.37. The standard InChI is InChI=1S/C14H11FN2/c15-11-7-5-10(6-8-11)9-14-16-12-3-1-2-4-13(12)17-14/h1-8H,9H2,(H,16,17). The van der Waals surface area contributed by atoms with Gasteiger partial charge in [0.25, 0.3) is 0 Å². The highest BCUT2D eigenvalue weighted by Crippen LogP contribution is 2.13. The van der Waals surface area contributed by atoms with Crippen LogP contribution in [0.5, 0.6) is 0 Å². The minimum absolute atomic E-state index is 0.210. The number of H-pyrrole nitrogens is 1. The summed E-state index contributed by atoms with van der Waals surface area (Å²) in [6.45, 7) is 0. The summed E-state index contributed by atoms with van der Waals surface area (Å²) >= 11 is 0. The van der Waals surface area contributed by atoms with E-state index in [1.807, 2.05) is 24.3 Å². The number of hydrogen-bond donors (Lipinski definition) is 1. The summed E-state index contributed by atoms with van der Waals surface area (Å²) < 4.78 is 12.8. The van der Waals surface area contributed by atoms with E-state index in [0.717, 1.165) is 22.4 Å². The molecular weight excluding hydrogens is 215 g/mol. The molecule has 0 saturated carbocycles. The first kappa shape index (κ1) is 10.0. The monoisotopic (exact) mass is 226 g/mol. The van der Waals surface area contributed by atoms with Crippen LogP contribution in [0.15, 0.2) is 48.5 Å². The summed E-state index contributed by atoms with van der Waals surface area (Å²) in [5.74, 6) is 0.691. The predicted molar refractivity (Wildman–Crippen MR) is 65.3 cm³/mol. The Morgan fingerprint density at radius 1 is 1.00 bits per heavy atom. The van der Waals surface area contributed by atoms with Gasteiger partial charge < -0.3 is 4.98 Å². The molecule has 1 N–H and O–H groups in total. The van der Waals surface area contributed by atoms with Crippen LogP contribution in [0.3, 0.4) is 0 Å². The SMILES string of the molecule is Fc1ccc(Cc2nc3ccccc3[nH]2)cc1. The first-order chi connectivity index (χ1) is 8.31. The molecule has 0 fully saturated rings. The van der Waals surface area contributed by atoms with Gasteiger partial charge in [0.15, 0.2) is 0 Å². The number of aromatic nitrogens is 2. The lowest BCUT2D eigenvalue weighted by Gasteiger charge is -1.97. The van der Waals surface area contributed by atoms with Crippen molar-refractivity contribution in [2.45, 2.75) is 6.42 Å². The van der Waals surface area contributed by atoms with E-state index in [1.165, 1.54) is 12.1 Å². The maximum atomic E-state index is 12.8. The lowest BCUT2D eigenvalue weighted by molar-refractivity contribution is 0.627. The largest absolute Gasteiger partial charge is 0.342 e. The van der Waals surface area contributed by atoms with Crippen molar-refractivity contribution in [2.24, 2.45) is 0 Å². The fourth-order valence-electron chi connectivity index (χ4n) is 1.88. The van der Waals surface area contributed by atoms with Gasteiger partial charge in [-0.15, -0.1) is 0 Å². The number of para-hydroxylation sites is 2. The average molecular weight is 226 g/mol. The summed E-state index contributed by atoms with van der Waals surface area (Å²) in [7, 11) is 0. The Balaban J connectivity index is 1.92. The molecule has 0 bridgehead atoms. The molecule has 17 heavy (non-hydrogen) atoms. The van der Waals surface area contributed by atoms with Crippen LogP contribution in [-0.4, -0.2) is 9.97 Å². The topological polar surface area (TPSA) is 28.7 Å². The van der Waals surface area contributed by atoms with E-state index in [0.29, 0.717) is 6.42 Å². The van der Waals surface area contributed by atoms with Gasteiger partial charge in [0.05, 0.1) is 11.0 Å². The molecule has 1 heterocycles. The quantitative estimate of drug-likeness (QED) is 0.713. The van der Waals surface area contributed by atoms with Gasteiger partial charge in [-0.3, -0.25) is 0 Å². The molecule has 3 aromatic rings. The van der Waals surface area contributed by atoms with E-state index >= 15 is 0 Å². The van der Waals surface area contributed by atoms with Crippen molar-refractivity contribution < 1.29 is 4.39 Å². The van der Waals surface area contributed by atoms with Crippen LogP contribution in [0.25, 0.3) is 11.0 Å². The number of hydrogen-bond acceptors (Lipinski definition) is 1. The predicted octanol–water partition coefficient (Wildman–Crippen LogP) is 3.29.